The number of nitrogens with zero attached hydrogens (tertiary/aromatic N) is 2. The quantitative estimate of drug-likeness (QED) is 0.209. The van der Waals surface area contributed by atoms with Crippen molar-refractivity contribution in [2.24, 2.45) is 0 Å². The molecule has 2 aliphatic heterocycles. The van der Waals surface area contributed by atoms with Crippen LogP contribution >= 0.6 is 0 Å². The lowest BCUT2D eigenvalue weighted by Crippen LogP contribution is -2.31. The Labute approximate surface area is 315 Å². The average Bonchev–Trinajstić information content (AvgIpc) is 3.16. The highest BCUT2D eigenvalue weighted by atomic mass is 16.3. The van der Waals surface area contributed by atoms with Crippen molar-refractivity contribution in [3.8, 4) is 0 Å². The van der Waals surface area contributed by atoms with Gasteiger partial charge in [0.1, 0.15) is 11.5 Å². The molecule has 266 valence electrons. The highest BCUT2D eigenvalue weighted by Crippen LogP contribution is 2.41. The number of rotatable bonds is 4. The van der Waals surface area contributed by atoms with E-state index in [1.807, 2.05) is 50.3 Å². The van der Waals surface area contributed by atoms with Crippen LogP contribution in [0.1, 0.15) is 47.2 Å². The minimum absolute atomic E-state index is 0.0436. The number of carbonyl (C=O) groups is 2. The van der Waals surface area contributed by atoms with E-state index in [-0.39, 0.29) is 23.1 Å². The Balaban J connectivity index is 0.948. The van der Waals surface area contributed by atoms with E-state index in [2.05, 4.69) is 71.8 Å². The Hall–Kier alpha value is -6.32. The van der Waals surface area contributed by atoms with Crippen LogP contribution in [-0.4, -0.2) is 49.0 Å². The van der Waals surface area contributed by atoms with Crippen LogP contribution in [0.2, 0.25) is 0 Å². The molecule has 3 aromatic carbocycles. The van der Waals surface area contributed by atoms with Crippen molar-refractivity contribution < 1.29 is 19.8 Å². The van der Waals surface area contributed by atoms with Crippen molar-refractivity contribution in [2.75, 3.05) is 37.0 Å². The van der Waals surface area contributed by atoms with Crippen LogP contribution in [-0.2, 0) is 35.3 Å². The van der Waals surface area contributed by atoms with E-state index < -0.39 is 0 Å². The van der Waals surface area contributed by atoms with Gasteiger partial charge in [0.05, 0.1) is 22.3 Å². The molecule has 54 heavy (non-hydrogen) atoms. The maximum absolute atomic E-state index is 13.3. The maximum Gasteiger partial charge on any atom is 0.200 e. The molecule has 0 saturated heterocycles. The third kappa shape index (κ3) is 5.59. The molecule has 0 unspecified atom stereocenters. The molecule has 0 aromatic heterocycles. The van der Waals surface area contributed by atoms with Gasteiger partial charge in [0, 0.05) is 51.4 Å². The molecule has 0 saturated carbocycles. The number of fused-ring (bicyclic) bond motifs is 4. The van der Waals surface area contributed by atoms with Crippen LogP contribution in [0, 0.1) is 0 Å². The SMILES string of the molecule is CC1=C=C(/C=C2/C(=O)C(/C=C3/Cc4cc5c(cc4N(C)C3)N(C)C/C(=C\C3=C(O)C(=C\C4=C=C(C)c6ccccc6C4)/C3=O)C5)=C2O)Cc2ccccc21. The fraction of sp³-hybridized carbons (Fsp3) is 0.208. The molecular formula is C48H40N2O4. The zero-order valence-corrected chi connectivity index (χ0v) is 30.9. The number of benzene rings is 3. The minimum atomic E-state index is -0.144. The third-order valence-electron chi connectivity index (χ3n) is 11.5. The number of hydrogen-bond acceptors (Lipinski definition) is 6. The lowest BCUT2D eigenvalue weighted by molar-refractivity contribution is -0.114. The van der Waals surface area contributed by atoms with E-state index in [4.69, 9.17) is 0 Å². The van der Waals surface area contributed by atoms with Gasteiger partial charge in [0.2, 0.25) is 11.6 Å². The first-order valence-electron chi connectivity index (χ1n) is 18.5. The summed E-state index contributed by atoms with van der Waals surface area (Å²) >= 11 is 0. The number of aliphatic hydroxyl groups is 2. The number of hydrogen-bond donors (Lipinski definition) is 2. The maximum atomic E-state index is 13.3. The predicted molar refractivity (Wildman–Crippen MR) is 215 cm³/mol. The van der Waals surface area contributed by atoms with Crippen molar-refractivity contribution >= 4 is 34.1 Å². The number of aliphatic hydroxyl groups excluding tert-OH is 2. The molecule has 2 N–H and O–H groups in total. The Bertz CT molecular complexity index is 2440. The molecule has 0 amide bonds. The molecule has 0 bridgehead atoms. The number of anilines is 2. The lowest BCUT2D eigenvalue weighted by Gasteiger charge is -2.36. The molecule has 6 heteroatoms. The van der Waals surface area contributed by atoms with Crippen molar-refractivity contribution in [1.82, 2.24) is 0 Å². The summed E-state index contributed by atoms with van der Waals surface area (Å²) in [6, 6.07) is 20.9. The van der Waals surface area contributed by atoms with Gasteiger partial charge in [-0.25, -0.2) is 0 Å². The standard InChI is InChI=1S/C48H40N2O4/c1-27-13-29(15-33-9-5-7-11-37(27)33)19-39-45(51)41(46(39)52)21-31-17-35-23-36-18-32(26-50(4)44(36)24-43(35)49(3)25-31)22-42-47(53)40(48(42)54)20-30-14-28(2)38-12-8-6-10-34(38)16-30/h5-12,19-24,51,53H,15-18,25-26H2,1-4H3/b31-21-,32-22-,39-19+,40-20+. The van der Waals surface area contributed by atoms with Crippen LogP contribution in [0.4, 0.5) is 11.4 Å². The molecule has 9 rings (SSSR count). The average molecular weight is 709 g/mol. The van der Waals surface area contributed by atoms with Gasteiger partial charge in [-0.1, -0.05) is 54.6 Å². The van der Waals surface area contributed by atoms with Gasteiger partial charge in [-0.3, -0.25) is 9.59 Å². The van der Waals surface area contributed by atoms with E-state index in [9.17, 15) is 19.8 Å². The Morgan fingerprint density at radius 3 is 1.43 bits per heavy atom. The predicted octanol–water partition coefficient (Wildman–Crippen LogP) is 8.54. The van der Waals surface area contributed by atoms with Crippen molar-refractivity contribution in [1.29, 1.82) is 0 Å². The topological polar surface area (TPSA) is 81.1 Å². The number of Topliss-reactive ketones (excluding diaryl/α,β-unsaturated/α-hetero) is 2. The number of likely N-dealkylation sites (N-methyl/N-ethyl adjacent to an activating group) is 2. The summed E-state index contributed by atoms with van der Waals surface area (Å²) in [6.45, 7) is 5.34. The largest absolute Gasteiger partial charge is 0.506 e. The molecule has 0 radical (unpaired) electrons. The van der Waals surface area contributed by atoms with E-state index in [1.165, 1.54) is 22.3 Å². The summed E-state index contributed by atoms with van der Waals surface area (Å²) in [7, 11) is 4.11. The van der Waals surface area contributed by atoms with Gasteiger partial charge < -0.3 is 20.0 Å². The molecule has 0 fully saturated rings. The summed E-state index contributed by atoms with van der Waals surface area (Å²) in [6.07, 6.45) is 9.95. The minimum Gasteiger partial charge on any atom is -0.506 e. The highest BCUT2D eigenvalue weighted by Gasteiger charge is 2.35. The summed E-state index contributed by atoms with van der Waals surface area (Å²) in [4.78, 5) is 31.0. The van der Waals surface area contributed by atoms with Gasteiger partial charge in [-0.2, -0.15) is 0 Å². The molecule has 2 heterocycles. The second-order valence-corrected chi connectivity index (χ2v) is 15.3. The first kappa shape index (κ1) is 33.5. The fourth-order valence-electron chi connectivity index (χ4n) is 8.79. The smallest absolute Gasteiger partial charge is 0.200 e. The summed E-state index contributed by atoms with van der Waals surface area (Å²) in [5.41, 5.74) is 23.5. The molecule has 0 spiro atoms. The second-order valence-electron chi connectivity index (χ2n) is 15.3. The van der Waals surface area contributed by atoms with E-state index in [1.54, 1.807) is 12.2 Å². The fourth-order valence-corrected chi connectivity index (χ4v) is 8.79. The van der Waals surface area contributed by atoms with Crippen LogP contribution < -0.4 is 9.80 Å². The molecule has 4 aliphatic carbocycles. The molecule has 6 aliphatic rings. The molecule has 3 aromatic rings. The number of ketones is 2. The Morgan fingerprint density at radius 1 is 0.574 bits per heavy atom. The number of allylic oxidation sites excluding steroid dienone is 10. The summed E-state index contributed by atoms with van der Waals surface area (Å²) in [5, 5.41) is 22.1. The van der Waals surface area contributed by atoms with Crippen molar-refractivity contribution in [2.45, 2.75) is 39.5 Å². The Kier molecular flexibility index (Phi) is 7.86. The lowest BCUT2D eigenvalue weighted by atomic mass is 9.82. The zero-order chi connectivity index (χ0) is 37.4. The van der Waals surface area contributed by atoms with Crippen LogP contribution in [0.25, 0.3) is 11.1 Å². The molecule has 0 atom stereocenters. The normalized spacial score (nSPS) is 22.0. The Morgan fingerprint density at radius 2 is 1.00 bits per heavy atom. The second kappa shape index (κ2) is 12.7. The highest BCUT2D eigenvalue weighted by molar-refractivity contribution is 6.21. The summed E-state index contributed by atoms with van der Waals surface area (Å²) < 4.78 is 0. The van der Waals surface area contributed by atoms with Gasteiger partial charge in [-0.05, 0) is 124 Å². The van der Waals surface area contributed by atoms with Crippen molar-refractivity contribution in [3.63, 3.8) is 0 Å². The summed E-state index contributed by atoms with van der Waals surface area (Å²) in [5.74, 6) is -0.201. The third-order valence-corrected chi connectivity index (χ3v) is 11.5. The van der Waals surface area contributed by atoms with E-state index >= 15 is 0 Å². The van der Waals surface area contributed by atoms with Gasteiger partial charge >= 0.3 is 0 Å². The number of carbonyl (C=O) groups excluding carboxylic acids is 2. The van der Waals surface area contributed by atoms with Crippen LogP contribution in [0.3, 0.4) is 0 Å². The first-order chi connectivity index (χ1) is 26.0. The van der Waals surface area contributed by atoms with Crippen LogP contribution in [0.15, 0.2) is 153 Å². The van der Waals surface area contributed by atoms with E-state index in [0.717, 1.165) is 55.9 Å². The molecular weight excluding hydrogens is 669 g/mol. The first-order valence-corrected chi connectivity index (χ1v) is 18.5. The van der Waals surface area contributed by atoms with Gasteiger partial charge in [-0.15, -0.1) is 11.5 Å². The van der Waals surface area contributed by atoms with Gasteiger partial charge in [0.25, 0.3) is 0 Å². The van der Waals surface area contributed by atoms with E-state index in [0.29, 0.717) is 61.1 Å². The monoisotopic (exact) mass is 708 g/mol. The zero-order valence-electron chi connectivity index (χ0n) is 30.9. The van der Waals surface area contributed by atoms with Crippen molar-refractivity contribution in [3.05, 3.63) is 186 Å². The molecule has 6 nitrogen and oxygen atoms in total. The van der Waals surface area contributed by atoms with Crippen LogP contribution in [0.5, 0.6) is 0 Å². The van der Waals surface area contributed by atoms with Gasteiger partial charge in [0.15, 0.2) is 0 Å².